The number of primary amides is 1. The standard InChI is InChI=1S/C26H23F4N3O6/c1-2-37-22-15(11-20(31)34)10-19(33-21(22)14-6-8-16(27)9-7-14)25(36,26(28,29)30)12-32-24(35)17-4-3-5-18-23(17)39-13-38-18/h3-10,36H,2,11-13H2,1H3,(H2,31,34)(H,32,35)/t25-/m0/s1. The highest BCUT2D eigenvalue weighted by Gasteiger charge is 2.57. The van der Waals surface area contributed by atoms with Gasteiger partial charge in [-0.25, -0.2) is 9.37 Å². The van der Waals surface area contributed by atoms with E-state index in [0.717, 1.165) is 18.2 Å². The van der Waals surface area contributed by atoms with Crippen LogP contribution >= 0.6 is 0 Å². The van der Waals surface area contributed by atoms with Gasteiger partial charge in [-0.3, -0.25) is 9.59 Å². The van der Waals surface area contributed by atoms with Crippen LogP contribution in [0, 0.1) is 5.82 Å². The summed E-state index contributed by atoms with van der Waals surface area (Å²) in [5.41, 5.74) is 0.438. The molecule has 2 amide bonds. The number of hydrogen-bond acceptors (Lipinski definition) is 7. The molecule has 0 saturated carbocycles. The zero-order valence-electron chi connectivity index (χ0n) is 20.5. The molecule has 0 saturated heterocycles. The minimum absolute atomic E-state index is 0.0482. The van der Waals surface area contributed by atoms with E-state index in [1.165, 1.54) is 30.3 Å². The number of aliphatic hydroxyl groups is 1. The summed E-state index contributed by atoms with van der Waals surface area (Å²) in [4.78, 5) is 28.6. The number of carbonyl (C=O) groups excluding carboxylic acids is 2. The lowest BCUT2D eigenvalue weighted by Gasteiger charge is -2.31. The summed E-state index contributed by atoms with van der Waals surface area (Å²) in [5.74, 6) is -2.24. The number of nitrogens with two attached hydrogens (primary N) is 1. The molecule has 0 radical (unpaired) electrons. The smallest absolute Gasteiger partial charge is 0.424 e. The Morgan fingerprint density at radius 2 is 1.87 bits per heavy atom. The molecule has 1 aliphatic rings. The molecule has 0 fully saturated rings. The third-order valence-corrected chi connectivity index (χ3v) is 5.86. The van der Waals surface area contributed by atoms with Gasteiger partial charge < -0.3 is 30.4 Å². The molecule has 4 rings (SSSR count). The van der Waals surface area contributed by atoms with Gasteiger partial charge in [0.2, 0.25) is 18.3 Å². The van der Waals surface area contributed by atoms with Crippen molar-refractivity contribution in [2.75, 3.05) is 19.9 Å². The second-order valence-electron chi connectivity index (χ2n) is 8.51. The van der Waals surface area contributed by atoms with Crippen LogP contribution in [0.4, 0.5) is 17.6 Å². The van der Waals surface area contributed by atoms with Gasteiger partial charge in [-0.05, 0) is 49.4 Å². The molecule has 13 heteroatoms. The Kier molecular flexibility index (Phi) is 7.63. The van der Waals surface area contributed by atoms with Crippen molar-refractivity contribution in [1.82, 2.24) is 10.3 Å². The molecule has 3 aromatic rings. The Bertz CT molecular complexity index is 1400. The summed E-state index contributed by atoms with van der Waals surface area (Å²) in [5, 5.41) is 13.1. The van der Waals surface area contributed by atoms with Crippen molar-refractivity contribution < 1.29 is 46.5 Å². The van der Waals surface area contributed by atoms with Crippen LogP contribution in [0.3, 0.4) is 0 Å². The van der Waals surface area contributed by atoms with Crippen LogP contribution in [0.2, 0.25) is 0 Å². The van der Waals surface area contributed by atoms with Gasteiger partial charge in [-0.2, -0.15) is 13.2 Å². The maximum Gasteiger partial charge on any atom is 0.424 e. The topological polar surface area (TPSA) is 133 Å². The van der Waals surface area contributed by atoms with Gasteiger partial charge in [-0.15, -0.1) is 0 Å². The number of amides is 2. The number of halogens is 4. The Hall–Kier alpha value is -4.39. The SMILES string of the molecule is CCOc1c(CC(N)=O)cc([C@@](O)(CNC(=O)c2cccc3c2OCO3)C(F)(F)F)nc1-c1ccc(F)cc1. The maximum atomic E-state index is 14.4. The van der Waals surface area contributed by atoms with Crippen LogP contribution in [0.1, 0.15) is 28.5 Å². The first-order valence-corrected chi connectivity index (χ1v) is 11.6. The van der Waals surface area contributed by atoms with Crippen molar-refractivity contribution in [3.63, 3.8) is 0 Å². The summed E-state index contributed by atoms with van der Waals surface area (Å²) in [6.07, 6.45) is -5.89. The number of rotatable bonds is 9. The van der Waals surface area contributed by atoms with Gasteiger partial charge in [0, 0.05) is 11.1 Å². The summed E-state index contributed by atoms with van der Waals surface area (Å²) >= 11 is 0. The Balaban J connectivity index is 1.80. The van der Waals surface area contributed by atoms with E-state index >= 15 is 0 Å². The van der Waals surface area contributed by atoms with Crippen LogP contribution in [0.25, 0.3) is 11.3 Å². The molecule has 1 aromatic heterocycles. The second-order valence-corrected chi connectivity index (χ2v) is 8.51. The predicted octanol–water partition coefficient (Wildman–Crippen LogP) is 3.22. The van der Waals surface area contributed by atoms with Gasteiger partial charge in [0.15, 0.2) is 11.5 Å². The van der Waals surface area contributed by atoms with E-state index < -0.39 is 48.1 Å². The fraction of sp³-hybridized carbons (Fsp3) is 0.269. The molecule has 2 aromatic carbocycles. The molecule has 0 bridgehead atoms. The van der Waals surface area contributed by atoms with E-state index in [9.17, 15) is 32.3 Å². The number of alkyl halides is 3. The first-order chi connectivity index (χ1) is 18.4. The lowest BCUT2D eigenvalue weighted by atomic mass is 9.93. The number of fused-ring (bicyclic) bond motifs is 1. The lowest BCUT2D eigenvalue weighted by molar-refractivity contribution is -0.265. The number of nitrogens with zero attached hydrogens (tertiary/aromatic N) is 1. The van der Waals surface area contributed by atoms with Gasteiger partial charge in [0.1, 0.15) is 17.3 Å². The van der Waals surface area contributed by atoms with Crippen molar-refractivity contribution in [2.45, 2.75) is 25.1 Å². The molecule has 0 spiro atoms. The van der Waals surface area contributed by atoms with Crippen LogP contribution < -0.4 is 25.3 Å². The van der Waals surface area contributed by atoms with Crippen LogP contribution in [0.15, 0.2) is 48.5 Å². The molecule has 1 atom stereocenters. The zero-order chi connectivity index (χ0) is 28.4. The van der Waals surface area contributed by atoms with E-state index in [0.29, 0.717) is 0 Å². The molecule has 2 heterocycles. The second kappa shape index (κ2) is 10.8. The molecule has 0 unspecified atom stereocenters. The highest BCUT2D eigenvalue weighted by Crippen LogP contribution is 2.42. The largest absolute Gasteiger partial charge is 0.491 e. The zero-order valence-corrected chi connectivity index (χ0v) is 20.5. The van der Waals surface area contributed by atoms with Gasteiger partial charge >= 0.3 is 6.18 Å². The number of para-hydroxylation sites is 1. The number of ether oxygens (including phenoxy) is 3. The number of carbonyl (C=O) groups is 2. The van der Waals surface area contributed by atoms with Crippen LogP contribution in [-0.2, 0) is 16.8 Å². The highest BCUT2D eigenvalue weighted by atomic mass is 19.4. The van der Waals surface area contributed by atoms with E-state index in [4.69, 9.17) is 19.9 Å². The van der Waals surface area contributed by atoms with Crippen molar-refractivity contribution in [3.8, 4) is 28.5 Å². The number of pyridine rings is 1. The van der Waals surface area contributed by atoms with Gasteiger partial charge in [-0.1, -0.05) is 6.07 Å². The number of benzene rings is 2. The van der Waals surface area contributed by atoms with Crippen molar-refractivity contribution >= 4 is 11.8 Å². The van der Waals surface area contributed by atoms with Crippen molar-refractivity contribution in [1.29, 1.82) is 0 Å². The summed E-state index contributed by atoms with van der Waals surface area (Å²) in [6, 6.07) is 9.78. The van der Waals surface area contributed by atoms with Crippen molar-refractivity contribution in [3.05, 3.63) is 71.2 Å². The van der Waals surface area contributed by atoms with Crippen LogP contribution in [-0.4, -0.2) is 48.0 Å². The average molecular weight is 549 g/mol. The minimum atomic E-state index is -5.34. The molecular formula is C26H23F4N3O6. The van der Waals surface area contributed by atoms with Gasteiger partial charge in [0.25, 0.3) is 5.91 Å². The maximum absolute atomic E-state index is 14.4. The third kappa shape index (κ3) is 5.58. The molecule has 39 heavy (non-hydrogen) atoms. The first kappa shape index (κ1) is 27.6. The number of aromatic nitrogens is 1. The predicted molar refractivity (Wildman–Crippen MR) is 129 cm³/mol. The molecular weight excluding hydrogens is 526 g/mol. The van der Waals surface area contributed by atoms with Crippen LogP contribution in [0.5, 0.6) is 17.2 Å². The summed E-state index contributed by atoms with van der Waals surface area (Å²) in [7, 11) is 0. The lowest BCUT2D eigenvalue weighted by Crippen LogP contribution is -2.51. The average Bonchev–Trinajstić information content (AvgIpc) is 3.36. The summed E-state index contributed by atoms with van der Waals surface area (Å²) in [6.45, 7) is 0.136. The van der Waals surface area contributed by atoms with E-state index in [2.05, 4.69) is 10.3 Å². The number of nitrogens with one attached hydrogen (secondary N) is 1. The fourth-order valence-electron chi connectivity index (χ4n) is 3.97. The monoisotopic (exact) mass is 549 g/mol. The Morgan fingerprint density at radius 3 is 2.51 bits per heavy atom. The van der Waals surface area contributed by atoms with Gasteiger partial charge in [0.05, 0.1) is 30.8 Å². The molecule has 4 N–H and O–H groups in total. The quantitative estimate of drug-likeness (QED) is 0.349. The first-order valence-electron chi connectivity index (χ1n) is 11.6. The summed E-state index contributed by atoms with van der Waals surface area (Å²) < 4.78 is 72.9. The molecule has 9 nitrogen and oxygen atoms in total. The fourth-order valence-corrected chi connectivity index (χ4v) is 3.97. The van der Waals surface area contributed by atoms with E-state index in [-0.39, 0.29) is 53.0 Å². The minimum Gasteiger partial charge on any atom is -0.491 e. The van der Waals surface area contributed by atoms with E-state index in [1.807, 2.05) is 0 Å². The third-order valence-electron chi connectivity index (χ3n) is 5.86. The Labute approximate surface area is 219 Å². The normalized spacial score (nSPS) is 14.0. The molecule has 206 valence electrons. The number of hydrogen-bond donors (Lipinski definition) is 3. The highest BCUT2D eigenvalue weighted by molar-refractivity contribution is 5.98. The van der Waals surface area contributed by atoms with E-state index in [1.54, 1.807) is 6.92 Å². The molecule has 1 aliphatic heterocycles. The van der Waals surface area contributed by atoms with Crippen molar-refractivity contribution in [2.24, 2.45) is 5.73 Å². The Morgan fingerprint density at radius 1 is 1.15 bits per heavy atom. The molecule has 0 aliphatic carbocycles.